The highest BCUT2D eigenvalue weighted by Gasteiger charge is 2.19. The van der Waals surface area contributed by atoms with Gasteiger partial charge in [0, 0.05) is 19.3 Å². The quantitative estimate of drug-likeness (QED) is 0.0261. The molecule has 1 unspecified atom stereocenters. The summed E-state index contributed by atoms with van der Waals surface area (Å²) in [6.45, 7) is 6.68. The maximum Gasteiger partial charge on any atom is 0.306 e. The Labute approximate surface area is 505 Å². The van der Waals surface area contributed by atoms with Gasteiger partial charge >= 0.3 is 17.9 Å². The third-order valence-electron chi connectivity index (χ3n) is 16.3. The summed E-state index contributed by atoms with van der Waals surface area (Å²) in [6, 6.07) is 0. The molecule has 0 heterocycles. The number of rotatable bonds is 67. The lowest BCUT2D eigenvalue weighted by molar-refractivity contribution is -0.167. The zero-order valence-electron chi connectivity index (χ0n) is 54.6. The Morgan fingerprint density at radius 3 is 0.704 bits per heavy atom. The Morgan fingerprint density at radius 2 is 0.444 bits per heavy atom. The van der Waals surface area contributed by atoms with Gasteiger partial charge in [-0.3, -0.25) is 14.4 Å². The summed E-state index contributed by atoms with van der Waals surface area (Å²) in [5, 5.41) is 0. The Bertz CT molecular complexity index is 1400. The summed E-state index contributed by atoms with van der Waals surface area (Å²) in [7, 11) is 0. The van der Waals surface area contributed by atoms with E-state index in [1.807, 2.05) is 0 Å². The Morgan fingerprint density at radius 1 is 0.247 bits per heavy atom. The normalized spacial score (nSPS) is 12.3. The first-order valence-corrected chi connectivity index (χ1v) is 36.1. The van der Waals surface area contributed by atoms with Gasteiger partial charge in [0.2, 0.25) is 0 Å². The zero-order chi connectivity index (χ0) is 58.5. The molecule has 0 N–H and O–H groups in total. The summed E-state index contributed by atoms with van der Waals surface area (Å²) >= 11 is 0. The van der Waals surface area contributed by atoms with E-state index in [1.54, 1.807) is 0 Å². The van der Waals surface area contributed by atoms with E-state index in [4.69, 9.17) is 14.2 Å². The molecule has 0 aromatic rings. The smallest absolute Gasteiger partial charge is 0.306 e. The van der Waals surface area contributed by atoms with Gasteiger partial charge in [-0.15, -0.1) is 0 Å². The van der Waals surface area contributed by atoms with E-state index in [1.165, 1.54) is 276 Å². The highest BCUT2D eigenvalue weighted by Crippen LogP contribution is 2.18. The van der Waals surface area contributed by atoms with Crippen LogP contribution in [0, 0.1) is 0 Å². The van der Waals surface area contributed by atoms with Crippen LogP contribution in [0.25, 0.3) is 0 Å². The van der Waals surface area contributed by atoms with Crippen molar-refractivity contribution in [1.82, 2.24) is 0 Å². The molecule has 0 aliphatic carbocycles. The minimum atomic E-state index is -0.776. The molecule has 0 spiro atoms. The minimum Gasteiger partial charge on any atom is -0.462 e. The summed E-state index contributed by atoms with van der Waals surface area (Å²) in [4.78, 5) is 38.5. The van der Waals surface area contributed by atoms with E-state index in [0.717, 1.165) is 77.0 Å². The number of carbonyl (C=O) groups is 3. The van der Waals surface area contributed by atoms with E-state index < -0.39 is 6.10 Å². The number of hydrogen-bond acceptors (Lipinski definition) is 6. The Balaban J connectivity index is 4.26. The van der Waals surface area contributed by atoms with Crippen molar-refractivity contribution >= 4 is 17.9 Å². The van der Waals surface area contributed by atoms with E-state index in [9.17, 15) is 14.4 Å². The molecule has 0 saturated heterocycles. The fourth-order valence-corrected chi connectivity index (χ4v) is 10.9. The Hall–Kier alpha value is -2.63. The van der Waals surface area contributed by atoms with Crippen LogP contribution in [0.1, 0.15) is 393 Å². The van der Waals surface area contributed by atoms with E-state index in [-0.39, 0.29) is 31.1 Å². The second-order valence-corrected chi connectivity index (χ2v) is 24.5. The molecule has 0 fully saturated rings. The van der Waals surface area contributed by atoms with Gasteiger partial charge in [0.05, 0.1) is 0 Å². The van der Waals surface area contributed by atoms with Crippen molar-refractivity contribution in [1.29, 1.82) is 0 Å². The molecule has 0 aromatic carbocycles. The topological polar surface area (TPSA) is 78.9 Å². The average Bonchev–Trinajstić information content (AvgIpc) is 3.47. The molecule has 0 aliphatic heterocycles. The molecule has 0 amide bonds. The summed E-state index contributed by atoms with van der Waals surface area (Å²) in [5.41, 5.74) is 0. The fraction of sp³-hybridized carbons (Fsp3) is 0.853. The Kier molecular flexibility index (Phi) is 67.6. The standard InChI is InChI=1S/C75H138O6/c1-4-7-10-13-16-19-22-25-28-30-32-34-36-37-38-39-40-42-43-45-47-50-53-56-59-62-65-68-74(77)80-71-72(70-79-73(76)67-64-61-58-55-52-49-27-24-21-18-15-12-9-6-3)81-75(78)69-66-63-60-57-54-51-48-46-44-41-35-33-31-29-26-23-20-17-14-11-8-5-2/h22,24-25,27,30,32,36-37,72H,4-21,23,26,28-29,31,33-35,38-71H2,1-3H3/b25-22-,27-24-,32-30-,37-36-. The number of carbonyl (C=O) groups excluding carboxylic acids is 3. The molecule has 474 valence electrons. The number of unbranched alkanes of at least 4 members (excludes halogenated alkanes) is 48. The maximum atomic E-state index is 13.0. The van der Waals surface area contributed by atoms with Gasteiger partial charge in [-0.2, -0.15) is 0 Å². The lowest BCUT2D eigenvalue weighted by Gasteiger charge is -2.18. The number of hydrogen-bond donors (Lipinski definition) is 0. The van der Waals surface area contributed by atoms with Gasteiger partial charge in [0.1, 0.15) is 13.2 Å². The number of ether oxygens (including phenoxy) is 3. The molecule has 0 radical (unpaired) electrons. The molecule has 81 heavy (non-hydrogen) atoms. The van der Waals surface area contributed by atoms with Crippen LogP contribution < -0.4 is 0 Å². The monoisotopic (exact) mass is 1140 g/mol. The zero-order valence-corrected chi connectivity index (χ0v) is 54.6. The molecule has 6 heteroatoms. The predicted octanol–water partition coefficient (Wildman–Crippen LogP) is 24.9. The molecule has 0 rings (SSSR count). The van der Waals surface area contributed by atoms with Crippen molar-refractivity contribution in [2.45, 2.75) is 399 Å². The van der Waals surface area contributed by atoms with Crippen LogP contribution in [0.3, 0.4) is 0 Å². The van der Waals surface area contributed by atoms with E-state index in [2.05, 4.69) is 69.4 Å². The van der Waals surface area contributed by atoms with Crippen LogP contribution >= 0.6 is 0 Å². The minimum absolute atomic E-state index is 0.0722. The van der Waals surface area contributed by atoms with Crippen molar-refractivity contribution in [2.75, 3.05) is 13.2 Å². The largest absolute Gasteiger partial charge is 0.462 e. The van der Waals surface area contributed by atoms with Crippen LogP contribution in [-0.2, 0) is 28.6 Å². The summed E-state index contributed by atoms with van der Waals surface area (Å²) < 4.78 is 17.0. The van der Waals surface area contributed by atoms with Crippen molar-refractivity contribution in [2.24, 2.45) is 0 Å². The van der Waals surface area contributed by atoms with Crippen molar-refractivity contribution < 1.29 is 28.6 Å². The third-order valence-corrected chi connectivity index (χ3v) is 16.3. The maximum absolute atomic E-state index is 13.0. The van der Waals surface area contributed by atoms with Gasteiger partial charge in [-0.05, 0) is 83.5 Å². The van der Waals surface area contributed by atoms with Crippen LogP contribution in [0.5, 0.6) is 0 Å². The van der Waals surface area contributed by atoms with Crippen LogP contribution in [0.15, 0.2) is 48.6 Å². The number of allylic oxidation sites excluding steroid dienone is 8. The first-order chi connectivity index (χ1) is 40.0. The van der Waals surface area contributed by atoms with Crippen molar-refractivity contribution in [3.63, 3.8) is 0 Å². The predicted molar refractivity (Wildman–Crippen MR) is 353 cm³/mol. The molecule has 0 aliphatic rings. The van der Waals surface area contributed by atoms with Crippen LogP contribution in [-0.4, -0.2) is 37.2 Å². The average molecular weight is 1140 g/mol. The van der Waals surface area contributed by atoms with Gasteiger partial charge in [-0.1, -0.05) is 339 Å². The highest BCUT2D eigenvalue weighted by molar-refractivity contribution is 5.71. The van der Waals surface area contributed by atoms with Crippen LogP contribution in [0.2, 0.25) is 0 Å². The third kappa shape index (κ3) is 68.0. The molecule has 0 bridgehead atoms. The van der Waals surface area contributed by atoms with Crippen LogP contribution in [0.4, 0.5) is 0 Å². The lowest BCUT2D eigenvalue weighted by atomic mass is 10.0. The summed E-state index contributed by atoms with van der Waals surface area (Å²) in [6.07, 6.45) is 88.6. The van der Waals surface area contributed by atoms with E-state index >= 15 is 0 Å². The molecule has 0 aromatic heterocycles. The second kappa shape index (κ2) is 69.9. The molecule has 1 atom stereocenters. The van der Waals surface area contributed by atoms with Crippen molar-refractivity contribution in [3.05, 3.63) is 48.6 Å². The molecule has 0 saturated carbocycles. The van der Waals surface area contributed by atoms with Gasteiger partial charge in [0.15, 0.2) is 6.10 Å². The van der Waals surface area contributed by atoms with Gasteiger partial charge in [0.25, 0.3) is 0 Å². The lowest BCUT2D eigenvalue weighted by Crippen LogP contribution is -2.30. The number of esters is 3. The fourth-order valence-electron chi connectivity index (χ4n) is 10.9. The first kappa shape index (κ1) is 78.4. The van der Waals surface area contributed by atoms with Gasteiger partial charge in [-0.25, -0.2) is 0 Å². The molecular weight excluding hydrogens is 997 g/mol. The second-order valence-electron chi connectivity index (χ2n) is 24.5. The van der Waals surface area contributed by atoms with Crippen molar-refractivity contribution in [3.8, 4) is 0 Å². The molecule has 6 nitrogen and oxygen atoms in total. The summed E-state index contributed by atoms with van der Waals surface area (Å²) in [5.74, 6) is -0.855. The van der Waals surface area contributed by atoms with E-state index in [0.29, 0.717) is 19.3 Å². The first-order valence-electron chi connectivity index (χ1n) is 36.1. The van der Waals surface area contributed by atoms with Gasteiger partial charge < -0.3 is 14.2 Å². The highest BCUT2D eigenvalue weighted by atomic mass is 16.6. The SMILES string of the molecule is CCCCCCC/C=C\C/C=C\C/C=C\CCCCCCCCCCCCCCC(=O)OCC(COC(=O)CCCCCCC/C=C\CCCCCCC)OC(=O)CCCCCCCCCCCCCCCCCCCCCCCC. The molecular formula is C75H138O6.